The van der Waals surface area contributed by atoms with Crippen molar-refractivity contribution >= 4 is 23.6 Å². The number of nitrogens with zero attached hydrogens (tertiary/aromatic N) is 2. The van der Waals surface area contributed by atoms with Crippen LogP contribution in [0.2, 0.25) is 0 Å². The van der Waals surface area contributed by atoms with Crippen molar-refractivity contribution in [2.24, 2.45) is 0 Å². The minimum absolute atomic E-state index is 0.0546. The molecule has 0 aliphatic carbocycles. The van der Waals surface area contributed by atoms with Gasteiger partial charge in [0.05, 0.1) is 0 Å². The van der Waals surface area contributed by atoms with E-state index in [1.54, 1.807) is 30.3 Å². The first-order chi connectivity index (χ1) is 13.6. The lowest BCUT2D eigenvalue weighted by Gasteiger charge is -2.23. The molecule has 0 atom stereocenters. The highest BCUT2D eigenvalue weighted by molar-refractivity contribution is 6.26. The summed E-state index contributed by atoms with van der Waals surface area (Å²) in [5.74, 6) is -2.00. The molecule has 6 heteroatoms. The molecule has 2 aliphatic heterocycles. The first-order valence-corrected chi connectivity index (χ1v) is 9.49. The Balaban J connectivity index is 1.54. The van der Waals surface area contributed by atoms with E-state index in [1.807, 2.05) is 4.90 Å². The van der Waals surface area contributed by atoms with Crippen LogP contribution in [0, 0.1) is 0 Å². The van der Waals surface area contributed by atoms with Crippen LogP contribution in [0.5, 0.6) is 0 Å². The predicted molar refractivity (Wildman–Crippen MR) is 102 cm³/mol. The van der Waals surface area contributed by atoms with E-state index in [2.05, 4.69) is 0 Å². The molecule has 1 saturated heterocycles. The fraction of sp³-hybridized carbons (Fsp3) is 0.273. The van der Waals surface area contributed by atoms with Gasteiger partial charge in [-0.3, -0.25) is 19.2 Å². The second-order valence-corrected chi connectivity index (χ2v) is 7.12. The Morgan fingerprint density at radius 2 is 1.18 bits per heavy atom. The van der Waals surface area contributed by atoms with Crippen molar-refractivity contribution in [2.45, 2.75) is 25.7 Å². The van der Waals surface area contributed by atoms with Crippen LogP contribution in [0.3, 0.4) is 0 Å². The number of hydrogen-bond donors (Lipinski definition) is 0. The van der Waals surface area contributed by atoms with Gasteiger partial charge in [-0.2, -0.15) is 0 Å². The van der Waals surface area contributed by atoms with Crippen LogP contribution in [-0.2, 0) is 0 Å². The monoisotopic (exact) mass is 376 g/mol. The summed E-state index contributed by atoms with van der Waals surface area (Å²) in [5, 5.41) is 0. The van der Waals surface area contributed by atoms with Gasteiger partial charge in [0.2, 0.25) is 0 Å². The van der Waals surface area contributed by atoms with E-state index in [9.17, 15) is 19.2 Å². The SMILES string of the molecule is O=C(c1ccc(C(=O)N2C(=O)c3cccc(c3)C2=O)cc1)N1CCCCCC1. The molecule has 0 radical (unpaired) electrons. The predicted octanol–water partition coefficient (Wildman–Crippen LogP) is 3.14. The van der Waals surface area contributed by atoms with Crippen LogP contribution in [0.25, 0.3) is 0 Å². The molecule has 4 rings (SSSR count). The average Bonchev–Trinajstić information content (AvgIpc) is 3.02. The van der Waals surface area contributed by atoms with E-state index in [0.717, 1.165) is 38.8 Å². The second kappa shape index (κ2) is 7.38. The number of carbonyl (C=O) groups is 4. The number of carbonyl (C=O) groups excluding carboxylic acids is 4. The zero-order chi connectivity index (χ0) is 19.7. The van der Waals surface area contributed by atoms with Gasteiger partial charge in [0.25, 0.3) is 23.6 Å². The molecule has 142 valence electrons. The van der Waals surface area contributed by atoms with E-state index >= 15 is 0 Å². The second-order valence-electron chi connectivity index (χ2n) is 7.12. The van der Waals surface area contributed by atoms with E-state index in [-0.39, 0.29) is 11.5 Å². The van der Waals surface area contributed by atoms with Crippen molar-refractivity contribution in [3.05, 3.63) is 70.8 Å². The average molecular weight is 376 g/mol. The summed E-state index contributed by atoms with van der Waals surface area (Å²) < 4.78 is 0. The maximum Gasteiger partial charge on any atom is 0.267 e. The molecule has 0 saturated carbocycles. The van der Waals surface area contributed by atoms with Crippen molar-refractivity contribution in [1.29, 1.82) is 0 Å². The fourth-order valence-electron chi connectivity index (χ4n) is 3.66. The molecule has 0 unspecified atom stereocenters. The van der Waals surface area contributed by atoms with E-state index in [4.69, 9.17) is 0 Å². The van der Waals surface area contributed by atoms with Gasteiger partial charge in [-0.25, -0.2) is 4.90 Å². The number of benzene rings is 2. The maximum absolute atomic E-state index is 12.8. The molecule has 2 aromatic rings. The summed E-state index contributed by atoms with van der Waals surface area (Å²) in [6, 6.07) is 12.4. The summed E-state index contributed by atoms with van der Waals surface area (Å²) in [6.07, 6.45) is 4.28. The summed E-state index contributed by atoms with van der Waals surface area (Å²) in [5.41, 5.74) is 1.30. The number of hydrogen-bond acceptors (Lipinski definition) is 4. The Bertz CT molecular complexity index is 926. The molecule has 2 bridgehead atoms. The van der Waals surface area contributed by atoms with Crippen molar-refractivity contribution in [3.8, 4) is 0 Å². The molecule has 1 fully saturated rings. The van der Waals surface area contributed by atoms with E-state index < -0.39 is 17.7 Å². The maximum atomic E-state index is 12.8. The van der Waals surface area contributed by atoms with Crippen molar-refractivity contribution in [1.82, 2.24) is 9.80 Å². The minimum Gasteiger partial charge on any atom is -0.339 e. The largest absolute Gasteiger partial charge is 0.339 e. The van der Waals surface area contributed by atoms with Gasteiger partial charge in [-0.05, 0) is 55.3 Å². The highest BCUT2D eigenvalue weighted by Crippen LogP contribution is 2.21. The van der Waals surface area contributed by atoms with Gasteiger partial charge < -0.3 is 4.90 Å². The lowest BCUT2D eigenvalue weighted by Crippen LogP contribution is -2.44. The first-order valence-electron chi connectivity index (χ1n) is 9.49. The molecule has 0 N–H and O–H groups in total. The smallest absolute Gasteiger partial charge is 0.267 e. The highest BCUT2D eigenvalue weighted by Gasteiger charge is 2.35. The molecule has 4 amide bonds. The lowest BCUT2D eigenvalue weighted by atomic mass is 10.0. The number of likely N-dealkylation sites (tertiary alicyclic amines) is 1. The van der Waals surface area contributed by atoms with Crippen molar-refractivity contribution < 1.29 is 19.2 Å². The van der Waals surface area contributed by atoms with Gasteiger partial charge in [-0.15, -0.1) is 0 Å². The van der Waals surface area contributed by atoms with Gasteiger partial charge >= 0.3 is 0 Å². The Kier molecular flexibility index (Phi) is 4.77. The summed E-state index contributed by atoms with van der Waals surface area (Å²) in [4.78, 5) is 52.9. The topological polar surface area (TPSA) is 74.8 Å². The lowest BCUT2D eigenvalue weighted by molar-refractivity contribution is 0.0528. The Labute approximate surface area is 162 Å². The third-order valence-corrected chi connectivity index (χ3v) is 5.24. The highest BCUT2D eigenvalue weighted by atomic mass is 16.2. The first kappa shape index (κ1) is 18.1. The Hall–Kier alpha value is -3.28. The molecule has 0 aromatic heterocycles. The summed E-state index contributed by atoms with van der Waals surface area (Å²) >= 11 is 0. The third-order valence-electron chi connectivity index (χ3n) is 5.24. The quantitative estimate of drug-likeness (QED) is 0.755. The fourth-order valence-corrected chi connectivity index (χ4v) is 3.66. The van der Waals surface area contributed by atoms with Crippen molar-refractivity contribution in [2.75, 3.05) is 13.1 Å². The molecule has 0 spiro atoms. The number of fused-ring (bicyclic) bond motifs is 2. The molecular formula is C22H20N2O4. The zero-order valence-electron chi connectivity index (χ0n) is 15.4. The summed E-state index contributed by atoms with van der Waals surface area (Å²) in [7, 11) is 0. The van der Waals surface area contributed by atoms with E-state index in [0.29, 0.717) is 21.6 Å². The molecule has 28 heavy (non-hydrogen) atoms. The zero-order valence-corrected chi connectivity index (χ0v) is 15.4. The van der Waals surface area contributed by atoms with Crippen LogP contribution >= 0.6 is 0 Å². The normalized spacial score (nSPS) is 16.7. The number of imide groups is 3. The Morgan fingerprint density at radius 1 is 0.679 bits per heavy atom. The molecular weight excluding hydrogens is 356 g/mol. The standard InChI is InChI=1S/C22H20N2O4/c25-19(23-12-3-1-2-4-13-23)15-8-10-16(11-9-15)20(26)24-21(27)17-6-5-7-18(14-17)22(24)28/h5-11,14H,1-4,12-13H2. The number of amides is 4. The Morgan fingerprint density at radius 3 is 1.71 bits per heavy atom. The molecule has 2 heterocycles. The molecule has 2 aromatic carbocycles. The third kappa shape index (κ3) is 3.22. The van der Waals surface area contributed by atoms with Crippen molar-refractivity contribution in [3.63, 3.8) is 0 Å². The van der Waals surface area contributed by atoms with Gasteiger partial charge in [0, 0.05) is 35.3 Å². The van der Waals surface area contributed by atoms with Gasteiger partial charge in [0.15, 0.2) is 0 Å². The summed E-state index contributed by atoms with van der Waals surface area (Å²) in [6.45, 7) is 1.49. The van der Waals surface area contributed by atoms with Crippen LogP contribution in [0.1, 0.15) is 67.1 Å². The molecule has 6 nitrogen and oxygen atoms in total. The van der Waals surface area contributed by atoms with Crippen LogP contribution in [-0.4, -0.2) is 46.5 Å². The van der Waals surface area contributed by atoms with Crippen LogP contribution < -0.4 is 0 Å². The minimum atomic E-state index is -0.685. The van der Waals surface area contributed by atoms with Crippen LogP contribution in [0.15, 0.2) is 48.5 Å². The molecule has 2 aliphatic rings. The van der Waals surface area contributed by atoms with Gasteiger partial charge in [-0.1, -0.05) is 18.9 Å². The number of rotatable bonds is 2. The van der Waals surface area contributed by atoms with Gasteiger partial charge in [0.1, 0.15) is 0 Å². The van der Waals surface area contributed by atoms with Crippen LogP contribution in [0.4, 0.5) is 0 Å². The van der Waals surface area contributed by atoms with E-state index in [1.165, 1.54) is 18.2 Å².